The van der Waals surface area contributed by atoms with Gasteiger partial charge in [-0.3, -0.25) is 4.84 Å². The average molecular weight is 229 g/mol. The lowest BCUT2D eigenvalue weighted by Crippen LogP contribution is -2.13. The molecule has 90 valence electrons. The first kappa shape index (κ1) is 13.4. The summed E-state index contributed by atoms with van der Waals surface area (Å²) in [5.74, 6) is 0. The van der Waals surface area contributed by atoms with Crippen molar-refractivity contribution in [3.63, 3.8) is 0 Å². The fraction of sp³-hybridized carbons (Fsp3) is 0.200. The highest BCUT2D eigenvalue weighted by molar-refractivity contribution is 5.14. The number of hydroxylamine groups is 1. The van der Waals surface area contributed by atoms with Crippen LogP contribution in [0.4, 0.5) is 0 Å². The highest BCUT2D eigenvalue weighted by atomic mass is 16.6. The van der Waals surface area contributed by atoms with Gasteiger partial charge >= 0.3 is 0 Å². The van der Waals surface area contributed by atoms with Gasteiger partial charge in [-0.25, -0.2) is 0 Å². The normalized spacial score (nSPS) is 12.1. The van der Waals surface area contributed by atoms with Crippen molar-refractivity contribution in [2.45, 2.75) is 13.5 Å². The van der Waals surface area contributed by atoms with Gasteiger partial charge in [-0.05, 0) is 12.5 Å². The van der Waals surface area contributed by atoms with Crippen molar-refractivity contribution in [2.75, 3.05) is 6.61 Å². The molecule has 1 N–H and O–H groups in total. The molecule has 1 rings (SSSR count). The molecule has 0 aromatic heterocycles. The van der Waals surface area contributed by atoms with Crippen LogP contribution in [0, 0.1) is 0 Å². The van der Waals surface area contributed by atoms with Crippen LogP contribution in [0.25, 0.3) is 0 Å². The maximum Gasteiger partial charge on any atom is 0.0866 e. The maximum atomic E-state index is 5.26. The molecule has 17 heavy (non-hydrogen) atoms. The SMILES string of the molecule is C\C=C/C=C\C=C\CONCc1ccccc1. The van der Waals surface area contributed by atoms with E-state index in [9.17, 15) is 0 Å². The molecule has 0 heterocycles. The molecule has 0 saturated carbocycles. The third-order valence-electron chi connectivity index (χ3n) is 2.06. The maximum absolute atomic E-state index is 5.26. The minimum atomic E-state index is 0.563. The molecule has 1 aromatic rings. The van der Waals surface area contributed by atoms with E-state index in [0.717, 1.165) is 6.54 Å². The molecule has 0 spiro atoms. The molecule has 0 bridgehead atoms. The second-order valence-corrected chi connectivity index (χ2v) is 3.46. The first-order chi connectivity index (χ1) is 8.43. The highest BCUT2D eigenvalue weighted by Crippen LogP contribution is 1.96. The van der Waals surface area contributed by atoms with Gasteiger partial charge in [0.1, 0.15) is 0 Å². The number of nitrogens with one attached hydrogen (secondary N) is 1. The summed E-state index contributed by atoms with van der Waals surface area (Å²) in [5.41, 5.74) is 4.13. The number of benzene rings is 1. The lowest BCUT2D eigenvalue weighted by Gasteiger charge is -2.02. The standard InChI is InChI=1S/C15H19NO/c1-2-3-4-5-6-10-13-17-16-14-15-11-8-7-9-12-15/h2-12,16H,13-14H2,1H3/b3-2-,5-4-,10-6+. The number of hydrogen-bond acceptors (Lipinski definition) is 2. The highest BCUT2D eigenvalue weighted by Gasteiger charge is 1.88. The van der Waals surface area contributed by atoms with E-state index in [4.69, 9.17) is 4.84 Å². The Bertz CT molecular complexity index is 366. The average Bonchev–Trinajstić information content (AvgIpc) is 2.38. The largest absolute Gasteiger partial charge is 0.297 e. The van der Waals surface area contributed by atoms with Crippen molar-refractivity contribution in [3.05, 3.63) is 72.4 Å². The van der Waals surface area contributed by atoms with Gasteiger partial charge < -0.3 is 0 Å². The van der Waals surface area contributed by atoms with Crippen molar-refractivity contribution < 1.29 is 4.84 Å². The van der Waals surface area contributed by atoms with Crippen LogP contribution in [0.15, 0.2) is 66.8 Å². The lowest BCUT2D eigenvalue weighted by atomic mass is 10.2. The zero-order valence-corrected chi connectivity index (χ0v) is 10.2. The second-order valence-electron chi connectivity index (χ2n) is 3.46. The molecule has 0 unspecified atom stereocenters. The van der Waals surface area contributed by atoms with Crippen LogP contribution in [0.2, 0.25) is 0 Å². The van der Waals surface area contributed by atoms with Gasteiger partial charge in [-0.15, -0.1) is 0 Å². The minimum Gasteiger partial charge on any atom is -0.297 e. The molecule has 2 nitrogen and oxygen atoms in total. The predicted molar refractivity (Wildman–Crippen MR) is 72.3 cm³/mol. The van der Waals surface area contributed by atoms with E-state index in [1.54, 1.807) is 0 Å². The summed E-state index contributed by atoms with van der Waals surface area (Å²) in [5, 5.41) is 0. The van der Waals surface area contributed by atoms with Gasteiger partial charge in [0.15, 0.2) is 0 Å². The summed E-state index contributed by atoms with van der Waals surface area (Å²) >= 11 is 0. The summed E-state index contributed by atoms with van der Waals surface area (Å²) in [4.78, 5) is 5.26. The van der Waals surface area contributed by atoms with Crippen LogP contribution in [0.5, 0.6) is 0 Å². The van der Waals surface area contributed by atoms with E-state index < -0.39 is 0 Å². The smallest absolute Gasteiger partial charge is 0.0866 e. The topological polar surface area (TPSA) is 21.3 Å². The van der Waals surface area contributed by atoms with E-state index in [0.29, 0.717) is 6.61 Å². The van der Waals surface area contributed by atoms with E-state index in [-0.39, 0.29) is 0 Å². The van der Waals surface area contributed by atoms with E-state index in [1.807, 2.05) is 61.6 Å². The van der Waals surface area contributed by atoms with Crippen LogP contribution >= 0.6 is 0 Å². The molecule has 0 radical (unpaired) electrons. The predicted octanol–water partition coefficient (Wildman–Crippen LogP) is 3.40. The summed E-state index contributed by atoms with van der Waals surface area (Å²) in [6.07, 6.45) is 11.8. The Morgan fingerprint density at radius 1 is 1.06 bits per heavy atom. The van der Waals surface area contributed by atoms with Gasteiger partial charge in [0.25, 0.3) is 0 Å². The van der Waals surface area contributed by atoms with Gasteiger partial charge in [-0.2, -0.15) is 5.48 Å². The lowest BCUT2D eigenvalue weighted by molar-refractivity contribution is 0.0577. The van der Waals surface area contributed by atoms with Crippen molar-refractivity contribution in [1.29, 1.82) is 0 Å². The van der Waals surface area contributed by atoms with Gasteiger partial charge in [0.05, 0.1) is 6.61 Å². The molecule has 0 aliphatic rings. The van der Waals surface area contributed by atoms with Crippen LogP contribution in [0.1, 0.15) is 12.5 Å². The third kappa shape index (κ3) is 7.28. The first-order valence-electron chi connectivity index (χ1n) is 5.76. The van der Waals surface area contributed by atoms with Gasteiger partial charge in [0.2, 0.25) is 0 Å². The van der Waals surface area contributed by atoms with Crippen molar-refractivity contribution in [2.24, 2.45) is 0 Å². The molecule has 2 heteroatoms. The number of allylic oxidation sites excluding steroid dienone is 5. The van der Waals surface area contributed by atoms with Crippen LogP contribution < -0.4 is 5.48 Å². The number of hydrogen-bond donors (Lipinski definition) is 1. The Hall–Kier alpha value is -1.64. The molecular weight excluding hydrogens is 210 g/mol. The zero-order valence-electron chi connectivity index (χ0n) is 10.2. The molecule has 0 fully saturated rings. The van der Waals surface area contributed by atoms with Gasteiger partial charge in [-0.1, -0.05) is 66.8 Å². The molecule has 0 saturated heterocycles. The van der Waals surface area contributed by atoms with Crippen LogP contribution in [-0.2, 0) is 11.4 Å². The first-order valence-corrected chi connectivity index (χ1v) is 5.76. The Balaban J connectivity index is 2.05. The van der Waals surface area contributed by atoms with Gasteiger partial charge in [0, 0.05) is 6.54 Å². The monoisotopic (exact) mass is 229 g/mol. The third-order valence-corrected chi connectivity index (χ3v) is 2.06. The molecular formula is C15H19NO. The quantitative estimate of drug-likeness (QED) is 0.439. The van der Waals surface area contributed by atoms with Crippen LogP contribution in [0.3, 0.4) is 0 Å². The number of rotatable bonds is 7. The molecule has 0 atom stereocenters. The molecule has 1 aromatic carbocycles. The minimum absolute atomic E-state index is 0.563. The van der Waals surface area contributed by atoms with Crippen LogP contribution in [-0.4, -0.2) is 6.61 Å². The Labute approximate surface area is 103 Å². The fourth-order valence-corrected chi connectivity index (χ4v) is 1.21. The molecule has 0 amide bonds. The van der Waals surface area contributed by atoms with E-state index >= 15 is 0 Å². The molecule has 0 aliphatic heterocycles. The summed E-state index contributed by atoms with van der Waals surface area (Å²) in [7, 11) is 0. The van der Waals surface area contributed by atoms with E-state index in [1.165, 1.54) is 5.56 Å². The van der Waals surface area contributed by atoms with Crippen molar-refractivity contribution in [1.82, 2.24) is 5.48 Å². The van der Waals surface area contributed by atoms with E-state index in [2.05, 4.69) is 17.6 Å². The Kier molecular flexibility index (Phi) is 7.56. The molecule has 0 aliphatic carbocycles. The fourth-order valence-electron chi connectivity index (χ4n) is 1.21. The summed E-state index contributed by atoms with van der Waals surface area (Å²) in [6, 6.07) is 10.2. The summed E-state index contributed by atoms with van der Waals surface area (Å²) in [6.45, 7) is 3.28. The van der Waals surface area contributed by atoms with Crippen molar-refractivity contribution in [3.8, 4) is 0 Å². The second kappa shape index (κ2) is 9.58. The van der Waals surface area contributed by atoms with Crippen molar-refractivity contribution >= 4 is 0 Å². The Morgan fingerprint density at radius 3 is 2.59 bits per heavy atom. The Morgan fingerprint density at radius 2 is 1.82 bits per heavy atom. The summed E-state index contributed by atoms with van der Waals surface area (Å²) < 4.78 is 0. The zero-order chi connectivity index (χ0) is 12.2.